The third-order valence-corrected chi connectivity index (χ3v) is 7.67. The van der Waals surface area contributed by atoms with Gasteiger partial charge in [0, 0.05) is 37.8 Å². The van der Waals surface area contributed by atoms with E-state index < -0.39 is 5.54 Å². The molecule has 8 heteroatoms. The lowest BCUT2D eigenvalue weighted by Crippen LogP contribution is -2.64. The predicted octanol–water partition coefficient (Wildman–Crippen LogP) is 2.67. The Kier molecular flexibility index (Phi) is 9.71. The molecule has 1 aromatic heterocycles. The van der Waals surface area contributed by atoms with Gasteiger partial charge in [-0.2, -0.15) is 0 Å². The number of nitrogen functional groups attached to an aromatic ring is 1. The zero-order valence-electron chi connectivity index (χ0n) is 21.1. The van der Waals surface area contributed by atoms with E-state index in [-0.39, 0.29) is 17.7 Å². The quantitative estimate of drug-likeness (QED) is 0.586. The van der Waals surface area contributed by atoms with Crippen molar-refractivity contribution in [2.24, 2.45) is 11.7 Å². The van der Waals surface area contributed by atoms with Crippen molar-refractivity contribution in [1.29, 1.82) is 0 Å². The van der Waals surface area contributed by atoms with Gasteiger partial charge in [0.05, 0.1) is 0 Å². The second-order valence-electron chi connectivity index (χ2n) is 9.89. The first-order valence-electron chi connectivity index (χ1n) is 13.2. The summed E-state index contributed by atoms with van der Waals surface area (Å²) in [4.78, 5) is 33.9. The molecule has 1 aromatic rings. The van der Waals surface area contributed by atoms with E-state index in [4.69, 9.17) is 11.5 Å². The minimum absolute atomic E-state index is 0.0705. The number of primary amides is 1. The summed E-state index contributed by atoms with van der Waals surface area (Å²) in [5, 5.41) is 3.61. The minimum atomic E-state index is -0.658. The summed E-state index contributed by atoms with van der Waals surface area (Å²) in [6.07, 6.45) is 10.7. The highest BCUT2D eigenvalue weighted by molar-refractivity contribution is 5.86. The number of nitrogens with two attached hydrogens (primary N) is 2. The molecule has 2 amide bonds. The molecule has 3 aliphatic rings. The lowest BCUT2D eigenvalue weighted by atomic mass is 9.83. The molecule has 34 heavy (non-hydrogen) atoms. The number of carbonyl (C=O) groups excluding carboxylic acids is 2. The summed E-state index contributed by atoms with van der Waals surface area (Å²) >= 11 is 0. The fourth-order valence-electron chi connectivity index (χ4n) is 5.66. The highest BCUT2D eigenvalue weighted by Gasteiger charge is 2.43. The first-order chi connectivity index (χ1) is 16.4. The molecule has 0 bridgehead atoms. The van der Waals surface area contributed by atoms with Gasteiger partial charge in [-0.05, 0) is 69.3 Å². The van der Waals surface area contributed by atoms with E-state index >= 15 is 0 Å². The molecule has 3 fully saturated rings. The molecule has 3 heterocycles. The van der Waals surface area contributed by atoms with Crippen LogP contribution in [0.5, 0.6) is 0 Å². The summed E-state index contributed by atoms with van der Waals surface area (Å²) in [5.41, 5.74) is 12.1. The van der Waals surface area contributed by atoms with E-state index in [9.17, 15) is 9.59 Å². The van der Waals surface area contributed by atoms with Crippen LogP contribution in [-0.2, 0) is 16.1 Å². The monoisotopic (exact) mass is 472 g/mol. The molecule has 0 unspecified atom stereocenters. The normalized spacial score (nSPS) is 22.0. The van der Waals surface area contributed by atoms with Crippen molar-refractivity contribution in [1.82, 2.24) is 20.1 Å². The number of anilines is 1. The molecule has 4 rings (SSSR count). The number of piperidine rings is 2. The molecule has 0 radical (unpaired) electrons. The lowest BCUT2D eigenvalue weighted by Gasteiger charge is -2.44. The number of aromatic nitrogens is 1. The summed E-state index contributed by atoms with van der Waals surface area (Å²) in [6, 6.07) is 4.28. The fraction of sp³-hybridized carbons (Fsp3) is 0.731. The lowest BCUT2D eigenvalue weighted by molar-refractivity contribution is -0.141. The van der Waals surface area contributed by atoms with Gasteiger partial charge < -0.3 is 21.7 Å². The van der Waals surface area contributed by atoms with Crippen molar-refractivity contribution in [3.63, 3.8) is 0 Å². The SMILES string of the molecule is CC.NC(=O)C1(NC2CCCCC2)CCN(C(=O)C2CCN(Cc3ccnc(N)c3)CC2)CC1. The maximum atomic E-state index is 13.2. The van der Waals surface area contributed by atoms with Gasteiger partial charge in [0.2, 0.25) is 11.8 Å². The maximum Gasteiger partial charge on any atom is 0.237 e. The number of hydrogen-bond acceptors (Lipinski definition) is 6. The molecule has 190 valence electrons. The first kappa shape index (κ1) is 26.4. The van der Waals surface area contributed by atoms with Crippen LogP contribution in [0, 0.1) is 5.92 Å². The van der Waals surface area contributed by atoms with Crippen molar-refractivity contribution in [3.05, 3.63) is 23.9 Å². The number of rotatable bonds is 6. The van der Waals surface area contributed by atoms with Crippen LogP contribution in [-0.4, -0.2) is 64.4 Å². The second-order valence-corrected chi connectivity index (χ2v) is 9.89. The topological polar surface area (TPSA) is 118 Å². The van der Waals surface area contributed by atoms with E-state index in [1.165, 1.54) is 19.3 Å². The Morgan fingerprint density at radius 1 is 1.06 bits per heavy atom. The molecular formula is C26H44N6O2. The zero-order valence-corrected chi connectivity index (χ0v) is 21.1. The molecule has 2 saturated heterocycles. The van der Waals surface area contributed by atoms with Crippen molar-refractivity contribution < 1.29 is 9.59 Å². The Labute approximate surface area is 204 Å². The molecule has 1 aliphatic carbocycles. The van der Waals surface area contributed by atoms with Gasteiger partial charge >= 0.3 is 0 Å². The maximum absolute atomic E-state index is 13.2. The van der Waals surface area contributed by atoms with Gasteiger partial charge in [-0.1, -0.05) is 33.1 Å². The molecular weight excluding hydrogens is 428 g/mol. The summed E-state index contributed by atoms with van der Waals surface area (Å²) in [7, 11) is 0. The Morgan fingerprint density at radius 3 is 2.29 bits per heavy atom. The third-order valence-electron chi connectivity index (χ3n) is 7.67. The minimum Gasteiger partial charge on any atom is -0.384 e. The number of amides is 2. The zero-order chi connectivity index (χ0) is 24.6. The number of carbonyl (C=O) groups is 2. The number of hydrogen-bond donors (Lipinski definition) is 3. The van der Waals surface area contributed by atoms with Crippen molar-refractivity contribution in [3.8, 4) is 0 Å². The van der Waals surface area contributed by atoms with E-state index in [0.717, 1.165) is 50.9 Å². The fourth-order valence-corrected chi connectivity index (χ4v) is 5.66. The second kappa shape index (κ2) is 12.5. The van der Waals surface area contributed by atoms with Crippen molar-refractivity contribution in [2.45, 2.75) is 89.8 Å². The molecule has 8 nitrogen and oxygen atoms in total. The van der Waals surface area contributed by atoms with Crippen LogP contribution in [0.15, 0.2) is 18.3 Å². The smallest absolute Gasteiger partial charge is 0.237 e. The van der Waals surface area contributed by atoms with E-state index in [0.29, 0.717) is 37.8 Å². The van der Waals surface area contributed by atoms with Gasteiger partial charge in [-0.3, -0.25) is 14.5 Å². The first-order valence-corrected chi connectivity index (χ1v) is 13.2. The van der Waals surface area contributed by atoms with Gasteiger partial charge in [0.25, 0.3) is 0 Å². The van der Waals surface area contributed by atoms with Crippen LogP contribution in [0.2, 0.25) is 0 Å². The molecule has 0 spiro atoms. The Hall–Kier alpha value is -2.19. The average molecular weight is 473 g/mol. The van der Waals surface area contributed by atoms with E-state index in [1.54, 1.807) is 6.20 Å². The Bertz CT molecular complexity index is 794. The summed E-state index contributed by atoms with van der Waals surface area (Å²) in [6.45, 7) is 7.86. The van der Waals surface area contributed by atoms with Crippen LogP contribution in [0.4, 0.5) is 5.82 Å². The summed E-state index contributed by atoms with van der Waals surface area (Å²) < 4.78 is 0. The van der Waals surface area contributed by atoms with Crippen molar-refractivity contribution >= 4 is 17.6 Å². The number of nitrogens with one attached hydrogen (secondary N) is 1. The molecule has 0 aromatic carbocycles. The van der Waals surface area contributed by atoms with Crippen LogP contribution in [0.1, 0.15) is 77.2 Å². The van der Waals surface area contributed by atoms with E-state index in [2.05, 4.69) is 15.2 Å². The number of nitrogens with zero attached hydrogens (tertiary/aromatic N) is 3. The summed E-state index contributed by atoms with van der Waals surface area (Å²) in [5.74, 6) is 0.595. The Morgan fingerprint density at radius 2 is 1.71 bits per heavy atom. The highest BCUT2D eigenvalue weighted by Crippen LogP contribution is 2.29. The van der Waals surface area contributed by atoms with Crippen LogP contribution in [0.25, 0.3) is 0 Å². The standard InChI is InChI=1S/C24H38N6O2.C2H6/c25-21-16-18(6-11-27-21)17-29-12-7-19(8-13-29)22(31)30-14-9-24(10-15-30,23(26)32)28-20-4-2-1-3-5-20;1-2/h6,11,16,19-20,28H,1-5,7-10,12-15,17H2,(H2,25,27)(H2,26,32);1-2H3. The molecule has 5 N–H and O–H groups in total. The van der Waals surface area contributed by atoms with Gasteiger partial charge in [-0.25, -0.2) is 4.98 Å². The van der Waals surface area contributed by atoms with Crippen molar-refractivity contribution in [2.75, 3.05) is 31.9 Å². The predicted molar refractivity (Wildman–Crippen MR) is 136 cm³/mol. The van der Waals surface area contributed by atoms with Crippen LogP contribution in [0.3, 0.4) is 0 Å². The van der Waals surface area contributed by atoms with Gasteiger partial charge in [0.1, 0.15) is 11.4 Å². The molecule has 2 aliphatic heterocycles. The third kappa shape index (κ3) is 6.69. The van der Waals surface area contributed by atoms with Gasteiger partial charge in [-0.15, -0.1) is 0 Å². The number of likely N-dealkylation sites (tertiary alicyclic amines) is 2. The average Bonchev–Trinajstić information content (AvgIpc) is 2.86. The Balaban J connectivity index is 0.00000158. The van der Waals surface area contributed by atoms with Crippen LogP contribution >= 0.6 is 0 Å². The van der Waals surface area contributed by atoms with Crippen LogP contribution < -0.4 is 16.8 Å². The molecule has 1 saturated carbocycles. The largest absolute Gasteiger partial charge is 0.384 e. The molecule has 0 atom stereocenters. The number of pyridine rings is 1. The highest BCUT2D eigenvalue weighted by atomic mass is 16.2. The van der Waals surface area contributed by atoms with Gasteiger partial charge in [0.15, 0.2) is 0 Å². The van der Waals surface area contributed by atoms with E-state index in [1.807, 2.05) is 30.9 Å².